The molecule has 8 heteroatoms. The number of hydrogen-bond acceptors (Lipinski definition) is 5. The predicted molar refractivity (Wildman–Crippen MR) is 112 cm³/mol. The second-order valence-electron chi connectivity index (χ2n) is 6.31. The lowest BCUT2D eigenvalue weighted by molar-refractivity contribution is -0.120. The van der Waals surface area contributed by atoms with E-state index in [1.807, 2.05) is 6.92 Å². The third-order valence-corrected chi connectivity index (χ3v) is 4.78. The largest absolute Gasteiger partial charge is 0.462 e. The Morgan fingerprint density at radius 1 is 1.07 bits per heavy atom. The first-order chi connectivity index (χ1) is 13.9. The van der Waals surface area contributed by atoms with E-state index in [1.54, 1.807) is 42.5 Å². The molecule has 3 rings (SSSR count). The molecule has 1 aliphatic rings. The summed E-state index contributed by atoms with van der Waals surface area (Å²) in [6.07, 6.45) is 1.66. The van der Waals surface area contributed by atoms with Gasteiger partial charge < -0.3 is 10.1 Å². The molecule has 0 aliphatic carbocycles. The summed E-state index contributed by atoms with van der Waals surface area (Å²) in [6.45, 7) is 2.30. The maximum atomic E-state index is 12.9. The fourth-order valence-corrected chi connectivity index (χ4v) is 3.12. The Kier molecular flexibility index (Phi) is 6.56. The van der Waals surface area contributed by atoms with Crippen molar-refractivity contribution in [3.05, 3.63) is 69.8 Å². The average Bonchev–Trinajstić information content (AvgIpc) is 2.91. The van der Waals surface area contributed by atoms with Gasteiger partial charge in [0, 0.05) is 10.7 Å². The Labute approximate surface area is 178 Å². The lowest BCUT2D eigenvalue weighted by Gasteiger charge is -2.16. The van der Waals surface area contributed by atoms with Crippen molar-refractivity contribution in [1.82, 2.24) is 0 Å². The number of imide groups is 1. The van der Waals surface area contributed by atoms with Crippen molar-refractivity contribution >= 4 is 52.4 Å². The molecule has 0 aromatic heterocycles. The second-order valence-corrected chi connectivity index (χ2v) is 7.12. The van der Waals surface area contributed by atoms with Crippen molar-refractivity contribution in [1.29, 1.82) is 0 Å². The van der Waals surface area contributed by atoms with Gasteiger partial charge in [-0.05, 0) is 42.8 Å². The van der Waals surface area contributed by atoms with Gasteiger partial charge in [0.25, 0.3) is 11.8 Å². The number of nitrogens with zero attached hydrogens (tertiary/aromatic N) is 1. The summed E-state index contributed by atoms with van der Waals surface area (Å²) < 4.78 is 5.18. The number of ether oxygens (including phenoxy) is 1. The van der Waals surface area contributed by atoms with Crippen LogP contribution in [0.4, 0.5) is 11.4 Å². The Bertz CT molecular complexity index is 1000. The summed E-state index contributed by atoms with van der Waals surface area (Å²) in [6, 6.07) is 12.8. The van der Waals surface area contributed by atoms with Crippen molar-refractivity contribution in [3.8, 4) is 0 Å². The van der Waals surface area contributed by atoms with Gasteiger partial charge in [0.1, 0.15) is 10.7 Å². The van der Waals surface area contributed by atoms with E-state index in [1.165, 1.54) is 6.07 Å². The van der Waals surface area contributed by atoms with E-state index < -0.39 is 17.8 Å². The van der Waals surface area contributed by atoms with Crippen molar-refractivity contribution in [3.63, 3.8) is 0 Å². The summed E-state index contributed by atoms with van der Waals surface area (Å²) >= 11 is 12.1. The van der Waals surface area contributed by atoms with Gasteiger partial charge in [0.05, 0.1) is 17.9 Å². The maximum Gasteiger partial charge on any atom is 0.338 e. The lowest BCUT2D eigenvalue weighted by Crippen LogP contribution is -2.32. The molecule has 2 aromatic rings. The number of halogens is 2. The quantitative estimate of drug-likeness (QED) is 0.388. The van der Waals surface area contributed by atoms with E-state index >= 15 is 0 Å². The normalized spacial score (nSPS) is 13.8. The molecule has 0 spiro atoms. The van der Waals surface area contributed by atoms with Crippen LogP contribution in [0.3, 0.4) is 0 Å². The molecule has 0 unspecified atom stereocenters. The molecule has 1 aliphatic heterocycles. The molecular weight excluding hydrogens is 415 g/mol. The van der Waals surface area contributed by atoms with Crippen molar-refractivity contribution in [2.75, 3.05) is 16.8 Å². The first-order valence-corrected chi connectivity index (χ1v) is 9.76. The van der Waals surface area contributed by atoms with E-state index in [4.69, 9.17) is 27.9 Å². The van der Waals surface area contributed by atoms with Crippen LogP contribution in [0.2, 0.25) is 5.02 Å². The number of hydrogen-bond donors (Lipinski definition) is 1. The Morgan fingerprint density at radius 3 is 2.55 bits per heavy atom. The molecule has 150 valence electrons. The third kappa shape index (κ3) is 4.60. The molecule has 0 saturated heterocycles. The topological polar surface area (TPSA) is 75.7 Å². The first kappa shape index (κ1) is 20.9. The minimum Gasteiger partial charge on any atom is -0.462 e. The first-order valence-electron chi connectivity index (χ1n) is 9.00. The highest BCUT2D eigenvalue weighted by molar-refractivity contribution is 6.53. The number of benzene rings is 2. The minimum atomic E-state index is -0.683. The minimum absolute atomic E-state index is 0.0603. The standard InChI is InChI=1S/C21H18Cl2N2O4/c1-2-3-10-29-21(28)13-6-4-9-16(11-13)25-19(26)17(23)18(20(25)27)24-15-8-5-7-14(22)12-15/h4-9,11-12,24H,2-3,10H2,1H3. The molecule has 1 N–H and O–H groups in total. The van der Waals surface area contributed by atoms with Gasteiger partial charge in [-0.3, -0.25) is 9.59 Å². The molecule has 0 bridgehead atoms. The van der Waals surface area contributed by atoms with Gasteiger partial charge in [-0.2, -0.15) is 0 Å². The van der Waals surface area contributed by atoms with Crippen molar-refractivity contribution < 1.29 is 19.1 Å². The number of carbonyl (C=O) groups excluding carboxylic acids is 3. The third-order valence-electron chi connectivity index (χ3n) is 4.19. The molecular formula is C21H18Cl2N2O4. The monoisotopic (exact) mass is 432 g/mol. The number of rotatable bonds is 7. The molecule has 6 nitrogen and oxygen atoms in total. The van der Waals surface area contributed by atoms with Crippen LogP contribution in [0, 0.1) is 0 Å². The number of carbonyl (C=O) groups is 3. The molecule has 0 saturated carbocycles. The van der Waals surface area contributed by atoms with E-state index in [-0.39, 0.29) is 22.0 Å². The van der Waals surface area contributed by atoms with Crippen LogP contribution in [0.25, 0.3) is 0 Å². The second kappa shape index (κ2) is 9.11. The molecule has 29 heavy (non-hydrogen) atoms. The van der Waals surface area contributed by atoms with Crippen molar-refractivity contribution in [2.45, 2.75) is 19.8 Å². The van der Waals surface area contributed by atoms with Crippen LogP contribution < -0.4 is 10.2 Å². The van der Waals surface area contributed by atoms with Gasteiger partial charge in [-0.1, -0.05) is 48.7 Å². The number of amides is 2. The van der Waals surface area contributed by atoms with E-state index in [0.29, 0.717) is 17.3 Å². The summed E-state index contributed by atoms with van der Waals surface area (Å²) in [7, 11) is 0. The molecule has 0 atom stereocenters. The highest BCUT2D eigenvalue weighted by atomic mass is 35.5. The molecule has 2 aromatic carbocycles. The smallest absolute Gasteiger partial charge is 0.338 e. The van der Waals surface area contributed by atoms with Crippen molar-refractivity contribution in [2.24, 2.45) is 0 Å². The summed E-state index contributed by atoms with van der Waals surface area (Å²) in [5.41, 5.74) is 0.925. The van der Waals surface area contributed by atoms with Crippen LogP contribution in [0.5, 0.6) is 0 Å². The average molecular weight is 433 g/mol. The summed E-state index contributed by atoms with van der Waals surface area (Å²) in [4.78, 5) is 38.6. The molecule has 0 fully saturated rings. The molecule has 2 amide bonds. The van der Waals surface area contributed by atoms with Crippen LogP contribution in [-0.4, -0.2) is 24.4 Å². The van der Waals surface area contributed by atoms with Crippen LogP contribution >= 0.6 is 23.2 Å². The predicted octanol–water partition coefficient (Wildman–Crippen LogP) is 4.73. The highest BCUT2D eigenvalue weighted by Gasteiger charge is 2.39. The van der Waals surface area contributed by atoms with E-state index in [9.17, 15) is 14.4 Å². The number of esters is 1. The zero-order valence-electron chi connectivity index (χ0n) is 15.6. The summed E-state index contributed by atoms with van der Waals surface area (Å²) in [5, 5.41) is 3.07. The van der Waals surface area contributed by atoms with E-state index in [0.717, 1.165) is 17.7 Å². The highest BCUT2D eigenvalue weighted by Crippen LogP contribution is 2.31. The van der Waals surface area contributed by atoms with E-state index in [2.05, 4.69) is 5.32 Å². The zero-order valence-corrected chi connectivity index (χ0v) is 17.1. The number of nitrogens with one attached hydrogen (secondary N) is 1. The Morgan fingerprint density at radius 2 is 1.83 bits per heavy atom. The van der Waals surface area contributed by atoms with Gasteiger partial charge in [-0.15, -0.1) is 0 Å². The lowest BCUT2D eigenvalue weighted by atomic mass is 10.2. The van der Waals surface area contributed by atoms with Crippen LogP contribution in [0.15, 0.2) is 59.3 Å². The van der Waals surface area contributed by atoms with Gasteiger partial charge in [-0.25, -0.2) is 9.69 Å². The maximum absolute atomic E-state index is 12.9. The number of unbranched alkanes of at least 4 members (excludes halogenated alkanes) is 1. The Balaban J connectivity index is 1.82. The molecule has 0 radical (unpaired) electrons. The van der Waals surface area contributed by atoms with Crippen LogP contribution in [-0.2, 0) is 14.3 Å². The van der Waals surface area contributed by atoms with Gasteiger partial charge >= 0.3 is 5.97 Å². The molecule has 1 heterocycles. The van der Waals surface area contributed by atoms with Gasteiger partial charge in [0.15, 0.2) is 0 Å². The van der Waals surface area contributed by atoms with Crippen LogP contribution in [0.1, 0.15) is 30.1 Å². The fraction of sp³-hybridized carbons (Fsp3) is 0.190. The summed E-state index contributed by atoms with van der Waals surface area (Å²) in [5.74, 6) is -1.83. The zero-order chi connectivity index (χ0) is 21.0. The SMILES string of the molecule is CCCCOC(=O)c1cccc(N2C(=O)C(Cl)=C(Nc3cccc(Cl)c3)C2=O)c1. The Hall–Kier alpha value is -2.83. The number of anilines is 2. The van der Waals surface area contributed by atoms with Gasteiger partial charge in [0.2, 0.25) is 0 Å². The fourth-order valence-electron chi connectivity index (χ4n) is 2.72.